The lowest BCUT2D eigenvalue weighted by molar-refractivity contribution is -0.140. The summed E-state index contributed by atoms with van der Waals surface area (Å²) in [6.07, 6.45) is 4.74. The van der Waals surface area contributed by atoms with Gasteiger partial charge in [-0.15, -0.1) is 0 Å². The molecule has 0 spiro atoms. The lowest BCUT2D eigenvalue weighted by Crippen LogP contribution is -2.63. The molecule has 2 amide bonds. The third kappa shape index (κ3) is 2.80. The van der Waals surface area contributed by atoms with Crippen LogP contribution in [0.25, 0.3) is 0 Å². The fourth-order valence-electron chi connectivity index (χ4n) is 2.89. The number of methoxy groups -OCH3 is 1. The minimum absolute atomic E-state index is 0.0769. The summed E-state index contributed by atoms with van der Waals surface area (Å²) in [5, 5.41) is 14.6. The zero-order chi connectivity index (χ0) is 14.9. The van der Waals surface area contributed by atoms with Crippen molar-refractivity contribution in [3.05, 3.63) is 12.2 Å². The molecular weight excluding hydrogens is 260 g/mol. The van der Waals surface area contributed by atoms with Crippen molar-refractivity contribution in [2.75, 3.05) is 7.11 Å². The highest BCUT2D eigenvalue weighted by atomic mass is 16.5. The zero-order valence-corrected chi connectivity index (χ0v) is 12.1. The molecule has 1 saturated carbocycles. The van der Waals surface area contributed by atoms with Crippen molar-refractivity contribution in [1.29, 1.82) is 0 Å². The molecule has 6 heteroatoms. The van der Waals surface area contributed by atoms with E-state index in [0.717, 1.165) is 6.42 Å². The molecule has 1 fully saturated rings. The third-order valence-electron chi connectivity index (χ3n) is 4.48. The molecule has 0 aromatic rings. The number of carboxylic acid groups (broad SMARTS) is 1. The number of carbonyl (C=O) groups is 2. The van der Waals surface area contributed by atoms with Gasteiger partial charge in [0.1, 0.15) is 0 Å². The van der Waals surface area contributed by atoms with Crippen LogP contribution in [0.4, 0.5) is 4.79 Å². The Morgan fingerprint density at radius 3 is 2.45 bits per heavy atom. The van der Waals surface area contributed by atoms with Gasteiger partial charge >= 0.3 is 12.0 Å². The molecule has 0 aliphatic heterocycles. The van der Waals surface area contributed by atoms with E-state index in [1.165, 1.54) is 0 Å². The van der Waals surface area contributed by atoms with Crippen LogP contribution >= 0.6 is 0 Å². The summed E-state index contributed by atoms with van der Waals surface area (Å²) < 4.78 is 5.34. The van der Waals surface area contributed by atoms with E-state index >= 15 is 0 Å². The van der Waals surface area contributed by atoms with Crippen molar-refractivity contribution in [3.8, 4) is 0 Å². The van der Waals surface area contributed by atoms with Gasteiger partial charge in [-0.3, -0.25) is 4.79 Å². The Bertz CT molecular complexity index is 433. The van der Waals surface area contributed by atoms with Gasteiger partial charge < -0.3 is 20.5 Å². The summed E-state index contributed by atoms with van der Waals surface area (Å²) in [5.41, 5.74) is -0.0821. The van der Waals surface area contributed by atoms with Gasteiger partial charge in [0.15, 0.2) is 0 Å². The van der Waals surface area contributed by atoms with Crippen LogP contribution in [0, 0.1) is 11.3 Å². The maximum Gasteiger partial charge on any atom is 0.315 e. The lowest BCUT2D eigenvalue weighted by atomic mass is 9.64. The number of rotatable bonds is 4. The van der Waals surface area contributed by atoms with E-state index in [-0.39, 0.29) is 29.6 Å². The molecular formula is C14H22N2O4. The maximum absolute atomic E-state index is 11.9. The van der Waals surface area contributed by atoms with Gasteiger partial charge in [-0.1, -0.05) is 26.0 Å². The third-order valence-corrected chi connectivity index (χ3v) is 4.48. The monoisotopic (exact) mass is 282 g/mol. The van der Waals surface area contributed by atoms with Crippen molar-refractivity contribution in [3.63, 3.8) is 0 Å². The second-order valence-electron chi connectivity index (χ2n) is 6.12. The number of amides is 2. The summed E-state index contributed by atoms with van der Waals surface area (Å²) >= 11 is 0. The van der Waals surface area contributed by atoms with Gasteiger partial charge in [0.25, 0.3) is 0 Å². The summed E-state index contributed by atoms with van der Waals surface area (Å²) in [7, 11) is 1.68. The number of carbonyl (C=O) groups excluding carboxylic acids is 1. The molecule has 2 aliphatic carbocycles. The molecule has 20 heavy (non-hydrogen) atoms. The maximum atomic E-state index is 11.9. The molecule has 3 N–H and O–H groups in total. The van der Waals surface area contributed by atoms with Crippen LogP contribution in [-0.2, 0) is 9.53 Å². The Hall–Kier alpha value is -1.56. The predicted octanol–water partition coefficient (Wildman–Crippen LogP) is 1.13. The van der Waals surface area contributed by atoms with E-state index in [0.29, 0.717) is 6.42 Å². The number of ether oxygens (including phenoxy) is 1. The Labute approximate surface area is 118 Å². The van der Waals surface area contributed by atoms with Gasteiger partial charge in [0.05, 0.1) is 18.1 Å². The SMILES string of the molecule is COC1CC(NC(=O)NC2C=CC(C(=O)O)C2)C1(C)C. The number of hydrogen-bond donors (Lipinski definition) is 3. The molecule has 0 aromatic heterocycles. The molecule has 0 saturated heterocycles. The van der Waals surface area contributed by atoms with E-state index in [1.807, 2.05) is 0 Å². The first-order valence-corrected chi connectivity index (χ1v) is 6.85. The predicted molar refractivity (Wildman–Crippen MR) is 73.3 cm³/mol. The van der Waals surface area contributed by atoms with Crippen LogP contribution in [0.1, 0.15) is 26.7 Å². The Kier molecular flexibility index (Phi) is 4.04. The molecule has 0 aromatic carbocycles. The van der Waals surface area contributed by atoms with E-state index in [9.17, 15) is 9.59 Å². The van der Waals surface area contributed by atoms with Crippen molar-refractivity contribution in [2.45, 2.75) is 44.9 Å². The minimum Gasteiger partial charge on any atom is -0.481 e. The van der Waals surface area contributed by atoms with E-state index < -0.39 is 11.9 Å². The molecule has 0 heterocycles. The number of aliphatic carboxylic acids is 1. The minimum atomic E-state index is -0.853. The summed E-state index contributed by atoms with van der Waals surface area (Å²) in [4.78, 5) is 22.7. The van der Waals surface area contributed by atoms with Gasteiger partial charge in [-0.05, 0) is 12.8 Å². The first-order valence-electron chi connectivity index (χ1n) is 6.85. The topological polar surface area (TPSA) is 87.7 Å². The molecule has 112 valence electrons. The molecule has 2 rings (SSSR count). The molecule has 2 aliphatic rings. The number of urea groups is 1. The van der Waals surface area contributed by atoms with Crippen LogP contribution in [0.5, 0.6) is 0 Å². The number of hydrogen-bond acceptors (Lipinski definition) is 3. The molecule has 4 unspecified atom stereocenters. The highest BCUT2D eigenvalue weighted by Crippen LogP contribution is 2.42. The highest BCUT2D eigenvalue weighted by molar-refractivity contribution is 5.76. The van der Waals surface area contributed by atoms with E-state index in [4.69, 9.17) is 9.84 Å². The average molecular weight is 282 g/mol. The van der Waals surface area contributed by atoms with E-state index in [1.54, 1.807) is 19.3 Å². The number of carboxylic acids is 1. The normalized spacial score (nSPS) is 34.4. The molecule has 0 bridgehead atoms. The van der Waals surface area contributed by atoms with Crippen LogP contribution in [-0.4, -0.2) is 42.4 Å². The average Bonchev–Trinajstić information content (AvgIpc) is 2.82. The molecule has 0 radical (unpaired) electrons. The zero-order valence-electron chi connectivity index (χ0n) is 12.1. The Morgan fingerprint density at radius 1 is 1.25 bits per heavy atom. The largest absolute Gasteiger partial charge is 0.481 e. The van der Waals surface area contributed by atoms with Crippen molar-refractivity contribution >= 4 is 12.0 Å². The van der Waals surface area contributed by atoms with Crippen molar-refractivity contribution in [1.82, 2.24) is 10.6 Å². The smallest absolute Gasteiger partial charge is 0.315 e. The van der Waals surface area contributed by atoms with Crippen LogP contribution in [0.2, 0.25) is 0 Å². The van der Waals surface area contributed by atoms with E-state index in [2.05, 4.69) is 24.5 Å². The van der Waals surface area contributed by atoms with Gasteiger partial charge in [-0.25, -0.2) is 4.79 Å². The van der Waals surface area contributed by atoms with Crippen molar-refractivity contribution < 1.29 is 19.4 Å². The highest BCUT2D eigenvalue weighted by Gasteiger charge is 2.49. The van der Waals surface area contributed by atoms with Crippen LogP contribution in [0.3, 0.4) is 0 Å². The summed E-state index contributed by atoms with van der Waals surface area (Å²) in [5.74, 6) is -1.35. The first kappa shape index (κ1) is 14.8. The Balaban J connectivity index is 1.78. The van der Waals surface area contributed by atoms with Gasteiger partial charge in [0, 0.05) is 18.6 Å². The quantitative estimate of drug-likeness (QED) is 0.674. The van der Waals surface area contributed by atoms with Crippen LogP contribution in [0.15, 0.2) is 12.2 Å². The lowest BCUT2D eigenvalue weighted by Gasteiger charge is -2.51. The number of nitrogens with one attached hydrogen (secondary N) is 2. The molecule has 4 atom stereocenters. The first-order chi connectivity index (χ1) is 9.34. The van der Waals surface area contributed by atoms with Crippen LogP contribution < -0.4 is 10.6 Å². The molecule has 6 nitrogen and oxygen atoms in total. The second kappa shape index (κ2) is 5.44. The fraction of sp³-hybridized carbons (Fsp3) is 0.714. The van der Waals surface area contributed by atoms with Crippen molar-refractivity contribution in [2.24, 2.45) is 11.3 Å². The summed E-state index contributed by atoms with van der Waals surface area (Å²) in [6, 6.07) is -0.385. The fourth-order valence-corrected chi connectivity index (χ4v) is 2.89. The second-order valence-corrected chi connectivity index (χ2v) is 6.12. The standard InChI is InChI=1S/C14H22N2O4/c1-14(2)10(7-11(14)20-3)16-13(19)15-9-5-4-8(6-9)12(17)18/h4-5,8-11H,6-7H2,1-3H3,(H,17,18)(H2,15,16,19). The van der Waals surface area contributed by atoms with Gasteiger partial charge in [0.2, 0.25) is 0 Å². The Morgan fingerprint density at radius 2 is 1.95 bits per heavy atom. The summed E-state index contributed by atoms with van der Waals surface area (Å²) in [6.45, 7) is 4.12. The van der Waals surface area contributed by atoms with Gasteiger partial charge in [-0.2, -0.15) is 0 Å².